The van der Waals surface area contributed by atoms with E-state index in [4.69, 9.17) is 9.47 Å². The molecule has 0 aliphatic carbocycles. The molecular formula is C47H52N8O6S2. The molecular weight excluding hydrogens is 837 g/mol. The molecule has 16 heteroatoms. The predicted molar refractivity (Wildman–Crippen MR) is 251 cm³/mol. The fraction of sp³-hybridized carbons (Fsp3) is 0.319. The number of aryl methyl sites for hydroxylation is 1. The van der Waals surface area contributed by atoms with Crippen LogP contribution < -0.4 is 19.7 Å². The van der Waals surface area contributed by atoms with Gasteiger partial charge in [-0.15, -0.1) is 11.8 Å². The molecule has 328 valence electrons. The number of sulfonamides is 1. The first-order chi connectivity index (χ1) is 30.6. The van der Waals surface area contributed by atoms with Gasteiger partial charge in [-0.05, 0) is 84.6 Å². The zero-order valence-electron chi connectivity index (χ0n) is 35.5. The second kappa shape index (κ2) is 20.2. The van der Waals surface area contributed by atoms with Crippen LogP contribution in [0.2, 0.25) is 0 Å². The van der Waals surface area contributed by atoms with E-state index in [-0.39, 0.29) is 28.1 Å². The number of thioether (sulfide) groups is 1. The van der Waals surface area contributed by atoms with Gasteiger partial charge in [-0.2, -0.15) is 0 Å². The zero-order valence-corrected chi connectivity index (χ0v) is 37.1. The number of fused-ring (bicyclic) bond motifs is 1. The summed E-state index contributed by atoms with van der Waals surface area (Å²) in [5, 5.41) is 15.9. The lowest BCUT2D eigenvalue weighted by Gasteiger charge is -2.36. The fourth-order valence-corrected chi connectivity index (χ4v) is 9.95. The summed E-state index contributed by atoms with van der Waals surface area (Å²) < 4.78 is 41.7. The van der Waals surface area contributed by atoms with E-state index < -0.39 is 14.9 Å². The monoisotopic (exact) mass is 888 g/mol. The van der Waals surface area contributed by atoms with Crippen molar-refractivity contribution in [1.29, 1.82) is 0 Å². The van der Waals surface area contributed by atoms with Crippen LogP contribution in [-0.4, -0.2) is 111 Å². The van der Waals surface area contributed by atoms with Gasteiger partial charge in [0, 0.05) is 86.2 Å². The van der Waals surface area contributed by atoms with Gasteiger partial charge in [0.15, 0.2) is 5.82 Å². The van der Waals surface area contributed by atoms with Crippen molar-refractivity contribution in [3.63, 3.8) is 0 Å². The predicted octanol–water partition coefficient (Wildman–Crippen LogP) is 7.94. The molecule has 1 atom stereocenters. The smallest absolute Gasteiger partial charge is 0.293 e. The van der Waals surface area contributed by atoms with Crippen LogP contribution in [-0.2, 0) is 21.3 Å². The first-order valence-electron chi connectivity index (χ1n) is 21.2. The Kier molecular flexibility index (Phi) is 14.0. The van der Waals surface area contributed by atoms with Crippen molar-refractivity contribution in [3.8, 4) is 16.9 Å². The van der Waals surface area contributed by atoms with E-state index in [2.05, 4.69) is 77.2 Å². The summed E-state index contributed by atoms with van der Waals surface area (Å²) in [5.74, 6) is 1.61. The highest BCUT2D eigenvalue weighted by atomic mass is 32.2. The van der Waals surface area contributed by atoms with E-state index in [0.717, 1.165) is 93.5 Å². The third-order valence-electron chi connectivity index (χ3n) is 11.4. The zero-order chi connectivity index (χ0) is 43.8. The lowest BCUT2D eigenvalue weighted by atomic mass is 9.98. The number of nitrogens with one attached hydrogen (secondary N) is 2. The molecule has 0 amide bonds. The summed E-state index contributed by atoms with van der Waals surface area (Å²) in [6.07, 6.45) is 1.32. The van der Waals surface area contributed by atoms with Crippen molar-refractivity contribution in [2.75, 3.05) is 86.3 Å². The highest BCUT2D eigenvalue weighted by Crippen LogP contribution is 2.33. The number of nitro benzene ring substituents is 1. The van der Waals surface area contributed by atoms with Gasteiger partial charge in [0.25, 0.3) is 15.7 Å². The Morgan fingerprint density at radius 2 is 1.65 bits per heavy atom. The summed E-state index contributed by atoms with van der Waals surface area (Å²) in [7, 11) is -4.26. The Hall–Kier alpha value is -5.78. The maximum absolute atomic E-state index is 13.7. The lowest BCUT2D eigenvalue weighted by molar-refractivity contribution is -0.384. The van der Waals surface area contributed by atoms with Crippen LogP contribution in [0.3, 0.4) is 0 Å². The number of nitrogens with zero attached hydrogens (tertiary/aromatic N) is 6. The molecule has 2 aliphatic heterocycles. The molecule has 2 saturated heterocycles. The second-order valence-electron chi connectivity index (χ2n) is 15.8. The van der Waals surface area contributed by atoms with Crippen molar-refractivity contribution in [2.45, 2.75) is 36.2 Å². The number of hydrogen-bond donors (Lipinski definition) is 2. The van der Waals surface area contributed by atoms with Gasteiger partial charge in [-0.25, -0.2) is 18.4 Å². The van der Waals surface area contributed by atoms with Crippen LogP contribution >= 0.6 is 11.8 Å². The average Bonchev–Trinajstić information content (AvgIpc) is 3.29. The average molecular weight is 889 g/mol. The van der Waals surface area contributed by atoms with Crippen LogP contribution in [0.4, 0.5) is 22.9 Å². The normalized spacial score (nSPS) is 15.6. The first-order valence-corrected chi connectivity index (χ1v) is 23.7. The van der Waals surface area contributed by atoms with Crippen LogP contribution in [0.25, 0.3) is 22.0 Å². The van der Waals surface area contributed by atoms with E-state index in [1.54, 1.807) is 11.8 Å². The molecule has 3 heterocycles. The highest BCUT2D eigenvalue weighted by Gasteiger charge is 2.25. The molecule has 2 aliphatic rings. The van der Waals surface area contributed by atoms with Gasteiger partial charge in [0.05, 0.1) is 28.5 Å². The highest BCUT2D eigenvalue weighted by molar-refractivity contribution is 7.99. The molecule has 14 nitrogen and oxygen atoms in total. The van der Waals surface area contributed by atoms with Crippen LogP contribution in [0, 0.1) is 17.0 Å². The summed E-state index contributed by atoms with van der Waals surface area (Å²) in [6.45, 7) is 12.9. The molecule has 2 fully saturated rings. The summed E-state index contributed by atoms with van der Waals surface area (Å²) in [6, 6.07) is 34.4. The van der Waals surface area contributed by atoms with E-state index in [1.165, 1.54) is 35.2 Å². The van der Waals surface area contributed by atoms with Crippen molar-refractivity contribution in [2.24, 2.45) is 0 Å². The molecule has 6 aromatic rings. The largest absolute Gasteiger partial charge is 0.492 e. The number of benzene rings is 5. The molecule has 2 N–H and O–H groups in total. The third kappa shape index (κ3) is 11.1. The standard InChI is InChI=1S/C47H52N8O6S2/c1-34-8-6-7-11-46(34)62-32-35(2)50-43-17-14-40(30-45(43)55(56)57)63(58,59)51-47-42-15-12-38(29-44(42)48-33-49-47)54-20-18-53(19-21-54)31-37-28-39(61-27-24-52-22-25-60-26-23-52)13-16-41(37)36-9-4-3-5-10-36/h3-17,28-30,33,35,50H,18-27,31-32H2,1-2H3,(H,48,49,51). The number of ether oxygens (including phenoxy) is 2. The summed E-state index contributed by atoms with van der Waals surface area (Å²) >= 11 is 1.65. The summed E-state index contributed by atoms with van der Waals surface area (Å²) in [5.41, 5.74) is 6.19. The molecule has 1 unspecified atom stereocenters. The minimum atomic E-state index is -4.26. The van der Waals surface area contributed by atoms with Gasteiger partial charge in [0.2, 0.25) is 0 Å². The number of nitro groups is 1. The minimum absolute atomic E-state index is 0.0876. The van der Waals surface area contributed by atoms with Crippen LogP contribution in [0.1, 0.15) is 18.1 Å². The van der Waals surface area contributed by atoms with E-state index in [9.17, 15) is 18.5 Å². The molecule has 63 heavy (non-hydrogen) atoms. The SMILES string of the molecule is Cc1ccccc1SCC(C)Nc1ccc(S(=O)(=O)Nc2ncnc3cc(N4CCN(Cc5cc(OCCN6CCOCC6)ccc5-c5ccccc5)CC4)ccc23)cc1[N+](=O)[O-]. The van der Waals surface area contributed by atoms with Gasteiger partial charge < -0.3 is 19.7 Å². The fourth-order valence-electron chi connectivity index (χ4n) is 7.91. The third-order valence-corrected chi connectivity index (χ3v) is 14.2. The Bertz CT molecular complexity index is 2640. The Morgan fingerprint density at radius 1 is 0.873 bits per heavy atom. The molecule has 8 rings (SSSR count). The van der Waals surface area contributed by atoms with E-state index >= 15 is 0 Å². The number of anilines is 3. The molecule has 0 saturated carbocycles. The number of rotatable bonds is 17. The van der Waals surface area contributed by atoms with Crippen molar-refractivity contribution in [3.05, 3.63) is 137 Å². The number of morpholine rings is 1. The van der Waals surface area contributed by atoms with E-state index in [0.29, 0.717) is 23.3 Å². The van der Waals surface area contributed by atoms with Gasteiger partial charge >= 0.3 is 0 Å². The topological polar surface area (TPSA) is 155 Å². The van der Waals surface area contributed by atoms with Crippen molar-refractivity contribution in [1.82, 2.24) is 19.8 Å². The molecule has 5 aromatic carbocycles. The van der Waals surface area contributed by atoms with Crippen LogP contribution in [0.5, 0.6) is 5.75 Å². The number of piperazine rings is 1. The van der Waals surface area contributed by atoms with Crippen molar-refractivity contribution < 1.29 is 22.8 Å². The van der Waals surface area contributed by atoms with E-state index in [1.807, 2.05) is 62.4 Å². The molecule has 0 bridgehead atoms. The van der Waals surface area contributed by atoms with Crippen LogP contribution in [0.15, 0.2) is 125 Å². The minimum Gasteiger partial charge on any atom is -0.492 e. The first kappa shape index (κ1) is 43.9. The summed E-state index contributed by atoms with van der Waals surface area (Å²) in [4.78, 5) is 28.4. The maximum atomic E-state index is 13.7. The second-order valence-corrected chi connectivity index (χ2v) is 18.6. The maximum Gasteiger partial charge on any atom is 0.293 e. The number of hydrogen-bond acceptors (Lipinski definition) is 13. The quantitative estimate of drug-likeness (QED) is 0.0518. The van der Waals surface area contributed by atoms with Gasteiger partial charge in [0.1, 0.15) is 24.4 Å². The molecule has 0 spiro atoms. The van der Waals surface area contributed by atoms with Crippen molar-refractivity contribution >= 4 is 55.6 Å². The molecule has 0 radical (unpaired) electrons. The Balaban J connectivity index is 0.908. The lowest BCUT2D eigenvalue weighted by Crippen LogP contribution is -2.46. The van der Waals surface area contributed by atoms with Gasteiger partial charge in [-0.1, -0.05) is 54.6 Å². The Morgan fingerprint density at radius 3 is 2.43 bits per heavy atom. The Labute approximate surface area is 372 Å². The number of aromatic nitrogens is 2. The molecule has 1 aromatic heterocycles. The van der Waals surface area contributed by atoms with Gasteiger partial charge in [-0.3, -0.25) is 24.6 Å².